The van der Waals surface area contributed by atoms with Gasteiger partial charge in [-0.3, -0.25) is 14.8 Å². The molecule has 0 saturated heterocycles. The van der Waals surface area contributed by atoms with Gasteiger partial charge in [0.2, 0.25) is 0 Å². The first-order valence-electron chi connectivity index (χ1n) is 8.59. The van der Waals surface area contributed by atoms with Crippen molar-refractivity contribution in [3.05, 3.63) is 58.6 Å². The molecule has 3 rings (SSSR count). The van der Waals surface area contributed by atoms with Crippen LogP contribution in [0.1, 0.15) is 16.4 Å². The van der Waals surface area contributed by atoms with E-state index in [4.69, 9.17) is 5.84 Å². The first-order chi connectivity index (χ1) is 14.0. The Bertz CT molecular complexity index is 1080. The second kappa shape index (κ2) is 9.11. The average Bonchev–Trinajstić information content (AvgIpc) is 3.18. The number of halogens is 1. The van der Waals surface area contributed by atoms with Crippen molar-refractivity contribution in [3.63, 3.8) is 0 Å². The molecule has 8 nitrogen and oxygen atoms in total. The number of aliphatic imine (C=N–C) groups is 1. The molecule has 0 aliphatic rings. The highest BCUT2D eigenvalue weighted by molar-refractivity contribution is 7.14. The lowest BCUT2D eigenvalue weighted by atomic mass is 10.2. The highest BCUT2D eigenvalue weighted by Gasteiger charge is 2.12. The molecule has 0 bridgehead atoms. The molecular weight excluding hydrogens is 393 g/mol. The van der Waals surface area contributed by atoms with Crippen LogP contribution in [0.2, 0.25) is 0 Å². The van der Waals surface area contributed by atoms with E-state index in [1.807, 2.05) is 19.9 Å². The van der Waals surface area contributed by atoms with Crippen molar-refractivity contribution >= 4 is 34.9 Å². The van der Waals surface area contributed by atoms with Crippen LogP contribution in [0.3, 0.4) is 0 Å². The van der Waals surface area contributed by atoms with E-state index in [1.165, 1.54) is 29.7 Å². The van der Waals surface area contributed by atoms with Crippen molar-refractivity contribution in [1.29, 1.82) is 0 Å². The second-order valence-corrected chi connectivity index (χ2v) is 7.08. The molecule has 0 radical (unpaired) electrons. The van der Waals surface area contributed by atoms with E-state index in [-0.39, 0.29) is 18.1 Å². The summed E-state index contributed by atoms with van der Waals surface area (Å²) in [5, 5.41) is 15.5. The number of benzene rings is 1. The molecular formula is C19H18FN7OS. The van der Waals surface area contributed by atoms with Gasteiger partial charge in [-0.25, -0.2) is 4.39 Å². The molecule has 0 saturated carbocycles. The summed E-state index contributed by atoms with van der Waals surface area (Å²) < 4.78 is 13.0. The molecule has 3 N–H and O–H groups in total. The number of nitrogens with one attached hydrogen (secondary N) is 1. The summed E-state index contributed by atoms with van der Waals surface area (Å²) in [4.78, 5) is 20.8. The van der Waals surface area contributed by atoms with Gasteiger partial charge in [0.15, 0.2) is 5.71 Å². The van der Waals surface area contributed by atoms with Crippen molar-refractivity contribution in [2.45, 2.75) is 20.4 Å². The summed E-state index contributed by atoms with van der Waals surface area (Å²) in [5.74, 6) is 4.51. The van der Waals surface area contributed by atoms with Crippen LogP contribution >= 0.6 is 11.3 Å². The first-order valence-corrected chi connectivity index (χ1v) is 9.40. The average molecular weight is 411 g/mol. The Morgan fingerprint density at radius 2 is 1.97 bits per heavy atom. The summed E-state index contributed by atoms with van der Waals surface area (Å²) in [5.41, 5.74) is 2.95. The van der Waals surface area contributed by atoms with Crippen LogP contribution < -0.4 is 11.2 Å². The lowest BCUT2D eigenvalue weighted by molar-refractivity contribution is -0.114. The maximum atomic E-state index is 13.0. The fourth-order valence-corrected chi connectivity index (χ4v) is 3.16. The molecule has 1 aromatic carbocycles. The molecule has 0 fully saturated rings. The summed E-state index contributed by atoms with van der Waals surface area (Å²) in [6.45, 7) is 3.86. The van der Waals surface area contributed by atoms with Gasteiger partial charge in [0.1, 0.15) is 15.8 Å². The third kappa shape index (κ3) is 5.26. The van der Waals surface area contributed by atoms with Gasteiger partial charge in [-0.1, -0.05) is 11.3 Å². The Morgan fingerprint density at radius 1 is 1.21 bits per heavy atom. The van der Waals surface area contributed by atoms with E-state index in [0.29, 0.717) is 15.7 Å². The third-order valence-electron chi connectivity index (χ3n) is 3.85. The Balaban J connectivity index is 1.62. The molecule has 10 heteroatoms. The second-order valence-electron chi connectivity index (χ2n) is 6.02. The number of carbonyl (C=O) groups is 1. The standard InChI is InChI=1S/C19H18FN7OS/c1-11-3-8-15(12(2)24-11)22-9-16(25-21)18(28)23-10-17-26-27-19(29-17)13-4-6-14(20)7-5-13/h3-9H,10,21H2,1-2H3,(H,23,28)/b22-9?,25-16+. The Hall–Kier alpha value is -3.53. The number of nitrogens with zero attached hydrogens (tertiary/aromatic N) is 5. The van der Waals surface area contributed by atoms with Gasteiger partial charge in [-0.15, -0.1) is 10.2 Å². The van der Waals surface area contributed by atoms with E-state index >= 15 is 0 Å². The molecule has 0 spiro atoms. The summed E-state index contributed by atoms with van der Waals surface area (Å²) in [6.07, 6.45) is 1.29. The Kier molecular flexibility index (Phi) is 6.35. The minimum Gasteiger partial charge on any atom is -0.344 e. The largest absolute Gasteiger partial charge is 0.344 e. The van der Waals surface area contributed by atoms with Crippen molar-refractivity contribution in [2.75, 3.05) is 0 Å². The SMILES string of the molecule is Cc1ccc(N=C/C(=N\N)C(=O)NCc2nnc(-c3ccc(F)cc3)s2)c(C)n1. The Morgan fingerprint density at radius 3 is 2.66 bits per heavy atom. The van der Waals surface area contributed by atoms with Crippen LogP contribution in [0.25, 0.3) is 10.6 Å². The molecule has 2 aromatic heterocycles. The molecule has 2 heterocycles. The normalized spacial score (nSPS) is 11.8. The predicted octanol–water partition coefficient (Wildman–Crippen LogP) is 2.69. The molecule has 1 amide bonds. The van der Waals surface area contributed by atoms with Crippen molar-refractivity contribution in [3.8, 4) is 10.6 Å². The van der Waals surface area contributed by atoms with Crippen molar-refractivity contribution in [1.82, 2.24) is 20.5 Å². The summed E-state index contributed by atoms with van der Waals surface area (Å²) >= 11 is 1.29. The number of pyridine rings is 1. The van der Waals surface area contributed by atoms with Crippen LogP contribution in [0.15, 0.2) is 46.5 Å². The highest BCUT2D eigenvalue weighted by atomic mass is 32.1. The van der Waals surface area contributed by atoms with Gasteiger partial charge in [0, 0.05) is 11.3 Å². The third-order valence-corrected chi connectivity index (χ3v) is 4.83. The van der Waals surface area contributed by atoms with Crippen LogP contribution in [0, 0.1) is 19.7 Å². The predicted molar refractivity (Wildman–Crippen MR) is 111 cm³/mol. The van der Waals surface area contributed by atoms with Gasteiger partial charge >= 0.3 is 0 Å². The number of carbonyl (C=O) groups excluding carboxylic acids is 1. The minimum absolute atomic E-state index is 0.0340. The van der Waals surface area contributed by atoms with Gasteiger partial charge < -0.3 is 11.2 Å². The van der Waals surface area contributed by atoms with Crippen LogP contribution in [0.4, 0.5) is 10.1 Å². The first kappa shape index (κ1) is 20.2. The van der Waals surface area contributed by atoms with Gasteiger partial charge in [-0.05, 0) is 50.2 Å². The zero-order valence-electron chi connectivity index (χ0n) is 15.8. The molecule has 3 aromatic rings. The number of hydrogen-bond acceptors (Lipinski definition) is 8. The summed E-state index contributed by atoms with van der Waals surface area (Å²) in [7, 11) is 0. The van der Waals surface area contributed by atoms with Gasteiger partial charge in [0.25, 0.3) is 5.91 Å². The van der Waals surface area contributed by atoms with Crippen molar-refractivity contribution < 1.29 is 9.18 Å². The lowest BCUT2D eigenvalue weighted by Gasteiger charge is -2.03. The van der Waals surface area contributed by atoms with Crippen LogP contribution in [-0.4, -0.2) is 33.0 Å². The Labute approximate surface area is 170 Å². The fraction of sp³-hybridized carbons (Fsp3) is 0.158. The monoisotopic (exact) mass is 411 g/mol. The molecule has 0 atom stereocenters. The molecule has 29 heavy (non-hydrogen) atoms. The van der Waals surface area contributed by atoms with Crippen LogP contribution in [0.5, 0.6) is 0 Å². The highest BCUT2D eigenvalue weighted by Crippen LogP contribution is 2.23. The van der Waals surface area contributed by atoms with E-state index < -0.39 is 5.91 Å². The lowest BCUT2D eigenvalue weighted by Crippen LogP contribution is -2.32. The zero-order valence-corrected chi connectivity index (χ0v) is 16.6. The molecule has 0 unspecified atom stereocenters. The molecule has 0 aliphatic heterocycles. The smallest absolute Gasteiger partial charge is 0.273 e. The molecule has 0 aliphatic carbocycles. The number of nitrogens with two attached hydrogens (primary N) is 1. The summed E-state index contributed by atoms with van der Waals surface area (Å²) in [6, 6.07) is 9.58. The zero-order chi connectivity index (χ0) is 20.8. The quantitative estimate of drug-likeness (QED) is 0.367. The topological polar surface area (TPSA) is 119 Å². The maximum Gasteiger partial charge on any atom is 0.273 e. The van der Waals surface area contributed by atoms with Crippen molar-refractivity contribution in [2.24, 2.45) is 15.9 Å². The molecule has 148 valence electrons. The van der Waals surface area contributed by atoms with E-state index in [1.54, 1.807) is 18.2 Å². The number of hydrogen-bond donors (Lipinski definition) is 2. The maximum absolute atomic E-state index is 13.0. The van der Waals surface area contributed by atoms with E-state index in [0.717, 1.165) is 17.0 Å². The van der Waals surface area contributed by atoms with Gasteiger partial charge in [0.05, 0.1) is 24.1 Å². The number of rotatable bonds is 6. The fourth-order valence-electron chi connectivity index (χ4n) is 2.38. The number of aromatic nitrogens is 3. The van der Waals surface area contributed by atoms with E-state index in [9.17, 15) is 9.18 Å². The number of amides is 1. The van der Waals surface area contributed by atoms with Gasteiger partial charge in [-0.2, -0.15) is 5.10 Å². The number of aryl methyl sites for hydroxylation is 2. The van der Waals surface area contributed by atoms with Crippen LogP contribution in [-0.2, 0) is 11.3 Å². The number of hydrazone groups is 1. The minimum atomic E-state index is -0.493. The van der Waals surface area contributed by atoms with E-state index in [2.05, 4.69) is 30.6 Å².